The number of nitrogens with two attached hydrogens (primary N) is 2. The van der Waals surface area contributed by atoms with Crippen LogP contribution in [0.4, 0.5) is 0 Å². The Balaban J connectivity index is 4.34. The second-order valence-corrected chi connectivity index (χ2v) is 4.90. The molecule has 0 aliphatic heterocycles. The van der Waals surface area contributed by atoms with Gasteiger partial charge in [0.15, 0.2) is 0 Å². The largest absolute Gasteiger partial charge is 0.480 e. The van der Waals surface area contributed by atoms with Crippen molar-refractivity contribution in [2.45, 2.75) is 24.3 Å². The van der Waals surface area contributed by atoms with Gasteiger partial charge in [-0.25, -0.2) is 0 Å². The van der Waals surface area contributed by atoms with Crippen LogP contribution in [0.2, 0.25) is 0 Å². The van der Waals surface area contributed by atoms with Crippen LogP contribution in [0.15, 0.2) is 0 Å². The van der Waals surface area contributed by atoms with E-state index < -0.39 is 40.1 Å². The van der Waals surface area contributed by atoms with Crippen molar-refractivity contribution in [1.29, 1.82) is 0 Å². The van der Waals surface area contributed by atoms with Crippen LogP contribution in [0.3, 0.4) is 0 Å². The second kappa shape index (κ2) is 5.79. The van der Waals surface area contributed by atoms with Crippen molar-refractivity contribution >= 4 is 22.7 Å². The molecule has 0 rings (SSSR count). The number of aliphatic carboxylic acids is 2. The predicted octanol–water partition coefficient (Wildman–Crippen LogP) is -2.05. The molecular formula is C7H14N2O5S. The fraction of sp³-hybridized carbons (Fsp3) is 0.714. The molecule has 0 aromatic carbocycles. The molecule has 88 valence electrons. The fourth-order valence-electron chi connectivity index (χ4n) is 0.764. The maximum absolute atomic E-state index is 11.4. The molecule has 3 unspecified atom stereocenters. The van der Waals surface area contributed by atoms with Crippen molar-refractivity contribution in [3.05, 3.63) is 0 Å². The maximum atomic E-state index is 11.4. The van der Waals surface area contributed by atoms with Gasteiger partial charge in [0.2, 0.25) is 0 Å². The number of rotatable bonds is 6. The van der Waals surface area contributed by atoms with Crippen LogP contribution in [-0.4, -0.2) is 49.4 Å². The first kappa shape index (κ1) is 14.0. The Morgan fingerprint density at radius 1 is 1.27 bits per heavy atom. The fourth-order valence-corrected chi connectivity index (χ4v) is 2.01. The van der Waals surface area contributed by atoms with Crippen molar-refractivity contribution in [2.24, 2.45) is 11.5 Å². The third-order valence-corrected chi connectivity index (χ3v) is 3.68. The quantitative estimate of drug-likeness (QED) is 0.416. The molecule has 7 nitrogen and oxygen atoms in total. The number of carboxylic acids is 2. The minimum Gasteiger partial charge on any atom is -0.480 e. The molecule has 0 fully saturated rings. The Morgan fingerprint density at radius 2 is 1.73 bits per heavy atom. The van der Waals surface area contributed by atoms with E-state index in [1.807, 2.05) is 0 Å². The Kier molecular flexibility index (Phi) is 5.40. The lowest BCUT2D eigenvalue weighted by atomic mass is 10.2. The van der Waals surface area contributed by atoms with Gasteiger partial charge in [-0.05, 0) is 6.92 Å². The Hall–Kier alpha value is -0.990. The minimum atomic E-state index is -1.68. The van der Waals surface area contributed by atoms with Crippen LogP contribution < -0.4 is 11.5 Å². The molecule has 0 aromatic heterocycles. The van der Waals surface area contributed by atoms with E-state index in [1.54, 1.807) is 0 Å². The van der Waals surface area contributed by atoms with E-state index in [9.17, 15) is 13.8 Å². The molecule has 0 amide bonds. The van der Waals surface area contributed by atoms with Crippen LogP contribution in [0, 0.1) is 0 Å². The zero-order valence-electron chi connectivity index (χ0n) is 8.12. The number of carbonyl (C=O) groups is 2. The summed E-state index contributed by atoms with van der Waals surface area (Å²) in [6, 6.07) is -2.55. The monoisotopic (exact) mass is 238 g/mol. The lowest BCUT2D eigenvalue weighted by Gasteiger charge is -2.16. The molecule has 0 aliphatic rings. The van der Waals surface area contributed by atoms with E-state index >= 15 is 0 Å². The average molecular weight is 238 g/mol. The zero-order valence-corrected chi connectivity index (χ0v) is 8.94. The van der Waals surface area contributed by atoms with Gasteiger partial charge >= 0.3 is 11.9 Å². The molecule has 4 atom stereocenters. The highest BCUT2D eigenvalue weighted by atomic mass is 32.2. The summed E-state index contributed by atoms with van der Waals surface area (Å²) >= 11 is 0. The van der Waals surface area contributed by atoms with E-state index in [2.05, 4.69) is 0 Å². The maximum Gasteiger partial charge on any atom is 0.321 e. The summed E-state index contributed by atoms with van der Waals surface area (Å²) in [5.74, 6) is -2.86. The van der Waals surface area contributed by atoms with Crippen molar-refractivity contribution in [2.75, 3.05) is 5.75 Å². The topological polar surface area (TPSA) is 144 Å². The van der Waals surface area contributed by atoms with Crippen molar-refractivity contribution in [1.82, 2.24) is 0 Å². The number of hydrogen-bond acceptors (Lipinski definition) is 5. The number of hydrogen-bond donors (Lipinski definition) is 4. The molecule has 0 heterocycles. The van der Waals surface area contributed by atoms with Gasteiger partial charge in [0.25, 0.3) is 0 Å². The van der Waals surface area contributed by atoms with Crippen molar-refractivity contribution in [3.63, 3.8) is 0 Å². The lowest BCUT2D eigenvalue weighted by molar-refractivity contribution is -0.139. The summed E-state index contributed by atoms with van der Waals surface area (Å²) in [5, 5.41) is 16.2. The van der Waals surface area contributed by atoms with Crippen LogP contribution in [0.5, 0.6) is 0 Å². The molecule has 0 bridgehead atoms. The first-order chi connectivity index (χ1) is 6.77. The minimum absolute atomic E-state index is 0.308. The van der Waals surface area contributed by atoms with E-state index in [4.69, 9.17) is 21.7 Å². The summed E-state index contributed by atoms with van der Waals surface area (Å²) < 4.78 is 11.4. The summed E-state index contributed by atoms with van der Waals surface area (Å²) in [4.78, 5) is 20.8. The molecule has 8 heteroatoms. The molecule has 15 heavy (non-hydrogen) atoms. The molecule has 0 aliphatic carbocycles. The second-order valence-electron chi connectivity index (χ2n) is 3.06. The van der Waals surface area contributed by atoms with Crippen molar-refractivity contribution < 1.29 is 24.0 Å². The summed E-state index contributed by atoms with van der Waals surface area (Å²) in [6.45, 7) is 1.38. The van der Waals surface area contributed by atoms with Crippen LogP contribution in [0.25, 0.3) is 0 Å². The van der Waals surface area contributed by atoms with Gasteiger partial charge in [-0.1, -0.05) is 0 Å². The molecule has 6 N–H and O–H groups in total. The molecule has 0 saturated carbocycles. The molecule has 0 saturated heterocycles. The van der Waals surface area contributed by atoms with Crippen LogP contribution >= 0.6 is 0 Å². The van der Waals surface area contributed by atoms with Gasteiger partial charge in [0.05, 0.1) is 5.25 Å². The van der Waals surface area contributed by atoms with E-state index in [0.717, 1.165) is 0 Å². The Morgan fingerprint density at radius 3 is 2.07 bits per heavy atom. The first-order valence-electron chi connectivity index (χ1n) is 4.11. The average Bonchev–Trinajstić information content (AvgIpc) is 2.14. The molecule has 0 spiro atoms. The number of carboxylic acid groups (broad SMARTS) is 2. The Bertz CT molecular complexity index is 283. The Labute approximate surface area is 88.9 Å². The van der Waals surface area contributed by atoms with Gasteiger partial charge in [-0.3, -0.25) is 13.8 Å². The summed E-state index contributed by atoms with van der Waals surface area (Å²) in [6.07, 6.45) is 0. The first-order valence-corrected chi connectivity index (χ1v) is 5.49. The highest BCUT2D eigenvalue weighted by Crippen LogP contribution is 2.02. The zero-order chi connectivity index (χ0) is 12.2. The van der Waals surface area contributed by atoms with Gasteiger partial charge in [0.1, 0.15) is 12.1 Å². The van der Waals surface area contributed by atoms with Crippen molar-refractivity contribution in [3.8, 4) is 0 Å². The van der Waals surface area contributed by atoms with Gasteiger partial charge < -0.3 is 21.7 Å². The normalized spacial score (nSPS) is 18.9. The van der Waals surface area contributed by atoms with E-state index in [-0.39, 0.29) is 5.75 Å². The van der Waals surface area contributed by atoms with Gasteiger partial charge in [0, 0.05) is 16.6 Å². The molecule has 0 aromatic rings. The molecular weight excluding hydrogens is 224 g/mol. The highest BCUT2D eigenvalue weighted by Gasteiger charge is 2.27. The lowest BCUT2D eigenvalue weighted by Crippen LogP contribution is -2.46. The van der Waals surface area contributed by atoms with Gasteiger partial charge in [-0.2, -0.15) is 0 Å². The smallest absolute Gasteiger partial charge is 0.321 e. The summed E-state index contributed by atoms with van der Waals surface area (Å²) in [5.41, 5.74) is 10.4. The predicted molar refractivity (Wildman–Crippen MR) is 53.7 cm³/mol. The van der Waals surface area contributed by atoms with Gasteiger partial charge in [-0.15, -0.1) is 0 Å². The highest BCUT2D eigenvalue weighted by molar-refractivity contribution is 7.85. The SMILES string of the molecule is CC([C@H](N)C(=O)O)S(=O)CC(N)C(=O)O. The van der Waals surface area contributed by atoms with Crippen LogP contribution in [0.1, 0.15) is 6.92 Å². The summed E-state index contributed by atoms with van der Waals surface area (Å²) in [7, 11) is -1.68. The molecule has 0 radical (unpaired) electrons. The van der Waals surface area contributed by atoms with Crippen LogP contribution in [-0.2, 0) is 20.4 Å². The van der Waals surface area contributed by atoms with E-state index in [1.165, 1.54) is 6.92 Å². The van der Waals surface area contributed by atoms with E-state index in [0.29, 0.717) is 0 Å². The third-order valence-electron chi connectivity index (χ3n) is 1.87. The third kappa shape index (κ3) is 4.36. The standard InChI is InChI=1S/C7H14N2O5S/c1-3(5(9)7(12)13)15(14)2-4(8)6(10)11/h3-5H,2,8-9H2,1H3,(H,10,11)(H,12,13)/t3?,4?,5-,15?/m0/s1.